The van der Waals surface area contributed by atoms with Crippen molar-refractivity contribution in [2.24, 2.45) is 7.05 Å². The van der Waals surface area contributed by atoms with E-state index in [1.54, 1.807) is 36.0 Å². The predicted octanol–water partition coefficient (Wildman–Crippen LogP) is 1.76. The summed E-state index contributed by atoms with van der Waals surface area (Å²) in [5.41, 5.74) is 7.43. The topological polar surface area (TPSA) is 79.4 Å². The Labute approximate surface area is 117 Å². The van der Waals surface area contributed by atoms with Crippen LogP contribution in [0.4, 0.5) is 5.69 Å². The molecule has 0 fully saturated rings. The molecular formula is C14H17N3O3. The van der Waals surface area contributed by atoms with E-state index in [1.807, 2.05) is 13.2 Å². The van der Waals surface area contributed by atoms with Crippen molar-refractivity contribution < 1.29 is 14.3 Å². The molecule has 0 unspecified atom stereocenters. The molecule has 106 valence electrons. The Morgan fingerprint density at radius 2 is 2.25 bits per heavy atom. The van der Waals surface area contributed by atoms with Crippen LogP contribution in [0.25, 0.3) is 0 Å². The first kappa shape index (κ1) is 13.9. The molecule has 6 heteroatoms. The van der Waals surface area contributed by atoms with Gasteiger partial charge in [0.25, 0.3) is 0 Å². The number of esters is 1. The van der Waals surface area contributed by atoms with Crippen molar-refractivity contribution in [3.8, 4) is 5.75 Å². The number of carbonyl (C=O) groups is 1. The SMILES string of the molecule is CCOC(=O)c1cc(N)ccc1OCc1cnn(C)c1. The van der Waals surface area contributed by atoms with Crippen LogP contribution in [0.2, 0.25) is 0 Å². The molecule has 1 heterocycles. The highest BCUT2D eigenvalue weighted by atomic mass is 16.5. The average Bonchev–Trinajstić information content (AvgIpc) is 2.83. The molecule has 6 nitrogen and oxygen atoms in total. The number of hydrogen-bond acceptors (Lipinski definition) is 5. The highest BCUT2D eigenvalue weighted by Crippen LogP contribution is 2.23. The van der Waals surface area contributed by atoms with Crippen molar-refractivity contribution in [3.05, 3.63) is 41.7 Å². The summed E-state index contributed by atoms with van der Waals surface area (Å²) in [6.45, 7) is 2.38. The Hall–Kier alpha value is -2.50. The fraction of sp³-hybridized carbons (Fsp3) is 0.286. The smallest absolute Gasteiger partial charge is 0.341 e. The fourth-order valence-electron chi connectivity index (χ4n) is 1.75. The maximum atomic E-state index is 11.9. The molecule has 0 aliphatic rings. The van der Waals surface area contributed by atoms with Gasteiger partial charge >= 0.3 is 5.97 Å². The molecular weight excluding hydrogens is 258 g/mol. The van der Waals surface area contributed by atoms with Crippen LogP contribution in [0.1, 0.15) is 22.8 Å². The van der Waals surface area contributed by atoms with Crippen molar-refractivity contribution in [1.29, 1.82) is 0 Å². The maximum absolute atomic E-state index is 11.9. The first-order valence-electron chi connectivity index (χ1n) is 6.27. The van der Waals surface area contributed by atoms with Gasteiger partial charge in [0.15, 0.2) is 0 Å². The summed E-state index contributed by atoms with van der Waals surface area (Å²) in [5.74, 6) is 0.00231. The molecule has 0 saturated heterocycles. The van der Waals surface area contributed by atoms with Crippen LogP contribution in [0.5, 0.6) is 5.75 Å². The molecule has 2 aromatic rings. The third kappa shape index (κ3) is 3.28. The van der Waals surface area contributed by atoms with Crippen LogP contribution in [0, 0.1) is 0 Å². The Morgan fingerprint density at radius 3 is 2.90 bits per heavy atom. The Balaban J connectivity index is 2.16. The zero-order chi connectivity index (χ0) is 14.5. The number of anilines is 1. The van der Waals surface area contributed by atoms with Gasteiger partial charge in [-0.25, -0.2) is 4.79 Å². The van der Waals surface area contributed by atoms with Crippen LogP contribution >= 0.6 is 0 Å². The number of ether oxygens (including phenoxy) is 2. The summed E-state index contributed by atoms with van der Waals surface area (Å²) in [5, 5.41) is 4.06. The summed E-state index contributed by atoms with van der Waals surface area (Å²) in [4.78, 5) is 11.9. The second kappa shape index (κ2) is 6.10. The lowest BCUT2D eigenvalue weighted by Gasteiger charge is -2.10. The minimum absolute atomic E-state index is 0.301. The van der Waals surface area contributed by atoms with E-state index in [2.05, 4.69) is 5.10 Å². The van der Waals surface area contributed by atoms with Crippen LogP contribution in [0.3, 0.4) is 0 Å². The monoisotopic (exact) mass is 275 g/mol. The minimum Gasteiger partial charge on any atom is -0.488 e. The van der Waals surface area contributed by atoms with E-state index < -0.39 is 5.97 Å². The van der Waals surface area contributed by atoms with Gasteiger partial charge in [-0.2, -0.15) is 5.10 Å². The summed E-state index contributed by atoms with van der Waals surface area (Å²) in [6, 6.07) is 4.90. The number of carbonyl (C=O) groups excluding carboxylic acids is 1. The average molecular weight is 275 g/mol. The van der Waals surface area contributed by atoms with Gasteiger partial charge in [-0.3, -0.25) is 4.68 Å². The Kier molecular flexibility index (Phi) is 4.24. The van der Waals surface area contributed by atoms with Gasteiger partial charge in [-0.15, -0.1) is 0 Å². The fourth-order valence-corrected chi connectivity index (χ4v) is 1.75. The second-order valence-electron chi connectivity index (χ2n) is 4.29. The summed E-state index contributed by atoms with van der Waals surface area (Å²) >= 11 is 0. The Bertz CT molecular complexity index is 607. The summed E-state index contributed by atoms with van der Waals surface area (Å²) in [7, 11) is 1.83. The first-order chi connectivity index (χ1) is 9.60. The molecule has 0 amide bonds. The van der Waals surface area contributed by atoms with E-state index in [1.165, 1.54) is 0 Å². The van der Waals surface area contributed by atoms with Crippen molar-refractivity contribution in [1.82, 2.24) is 9.78 Å². The number of nitrogen functional groups attached to an aromatic ring is 1. The molecule has 0 atom stereocenters. The quantitative estimate of drug-likeness (QED) is 0.664. The zero-order valence-corrected chi connectivity index (χ0v) is 11.5. The lowest BCUT2D eigenvalue weighted by atomic mass is 10.2. The van der Waals surface area contributed by atoms with E-state index in [9.17, 15) is 4.79 Å². The Morgan fingerprint density at radius 1 is 1.45 bits per heavy atom. The molecule has 0 radical (unpaired) electrons. The molecule has 0 saturated carbocycles. The van der Waals surface area contributed by atoms with E-state index in [0.717, 1.165) is 5.56 Å². The molecule has 0 aliphatic carbocycles. The zero-order valence-electron chi connectivity index (χ0n) is 11.5. The summed E-state index contributed by atoms with van der Waals surface area (Å²) in [6.07, 6.45) is 3.56. The lowest BCUT2D eigenvalue weighted by Crippen LogP contribution is -2.08. The van der Waals surface area contributed by atoms with Crippen LogP contribution < -0.4 is 10.5 Å². The summed E-state index contributed by atoms with van der Waals surface area (Å²) < 4.78 is 12.3. The maximum Gasteiger partial charge on any atom is 0.341 e. The molecule has 20 heavy (non-hydrogen) atoms. The first-order valence-corrected chi connectivity index (χ1v) is 6.27. The van der Waals surface area contributed by atoms with E-state index in [4.69, 9.17) is 15.2 Å². The van der Waals surface area contributed by atoms with Gasteiger partial charge in [0.05, 0.1) is 12.8 Å². The van der Waals surface area contributed by atoms with Gasteiger partial charge in [0.1, 0.15) is 17.9 Å². The standard InChI is InChI=1S/C14H17N3O3/c1-3-19-14(18)12-6-11(15)4-5-13(12)20-9-10-7-16-17(2)8-10/h4-8H,3,9,15H2,1-2H3. The third-order valence-corrected chi connectivity index (χ3v) is 2.65. The van der Waals surface area contributed by atoms with Gasteiger partial charge in [0, 0.05) is 24.5 Å². The number of aromatic nitrogens is 2. The molecule has 2 N–H and O–H groups in total. The molecule has 0 bridgehead atoms. The number of nitrogens with two attached hydrogens (primary N) is 1. The largest absolute Gasteiger partial charge is 0.488 e. The van der Waals surface area contributed by atoms with Crippen LogP contribution in [-0.2, 0) is 18.4 Å². The number of aryl methyl sites for hydroxylation is 1. The van der Waals surface area contributed by atoms with Crippen molar-refractivity contribution in [2.45, 2.75) is 13.5 Å². The third-order valence-electron chi connectivity index (χ3n) is 2.65. The number of nitrogens with zero attached hydrogens (tertiary/aromatic N) is 2. The van der Waals surface area contributed by atoms with Gasteiger partial charge in [-0.05, 0) is 25.1 Å². The molecule has 1 aromatic heterocycles. The predicted molar refractivity (Wildman–Crippen MR) is 74.4 cm³/mol. The molecule has 0 aliphatic heterocycles. The normalized spacial score (nSPS) is 10.3. The number of hydrogen-bond donors (Lipinski definition) is 1. The van der Waals surface area contributed by atoms with Gasteiger partial charge in [0.2, 0.25) is 0 Å². The highest BCUT2D eigenvalue weighted by Gasteiger charge is 2.14. The molecule has 2 rings (SSSR count). The minimum atomic E-state index is -0.444. The van der Waals surface area contributed by atoms with Gasteiger partial charge in [-0.1, -0.05) is 0 Å². The molecule has 0 spiro atoms. The molecule has 1 aromatic carbocycles. The van der Waals surface area contributed by atoms with Gasteiger partial charge < -0.3 is 15.2 Å². The van der Waals surface area contributed by atoms with Crippen LogP contribution in [-0.4, -0.2) is 22.4 Å². The van der Waals surface area contributed by atoms with Crippen molar-refractivity contribution in [2.75, 3.05) is 12.3 Å². The van der Waals surface area contributed by atoms with Crippen molar-refractivity contribution >= 4 is 11.7 Å². The lowest BCUT2D eigenvalue weighted by molar-refractivity contribution is 0.0521. The number of rotatable bonds is 5. The van der Waals surface area contributed by atoms with E-state index >= 15 is 0 Å². The van der Waals surface area contributed by atoms with Crippen LogP contribution in [0.15, 0.2) is 30.6 Å². The van der Waals surface area contributed by atoms with Crippen molar-refractivity contribution in [3.63, 3.8) is 0 Å². The van der Waals surface area contributed by atoms with E-state index in [0.29, 0.717) is 30.2 Å². The number of benzene rings is 1. The second-order valence-corrected chi connectivity index (χ2v) is 4.29. The van der Waals surface area contributed by atoms with E-state index in [-0.39, 0.29) is 0 Å². The highest BCUT2D eigenvalue weighted by molar-refractivity contribution is 5.93.